The Labute approximate surface area is 177 Å². The second-order valence-electron chi connectivity index (χ2n) is 8.53. The first kappa shape index (κ1) is 22.0. The number of carbonyl (C=O) groups is 2. The summed E-state index contributed by atoms with van der Waals surface area (Å²) in [6, 6.07) is 15.4. The van der Waals surface area contributed by atoms with Crippen LogP contribution in [-0.4, -0.2) is 37.2 Å². The van der Waals surface area contributed by atoms with Crippen LogP contribution in [0, 0.1) is 0 Å². The minimum atomic E-state index is -3.89. The molecule has 0 heterocycles. The number of sulfone groups is 1. The number of nitrogens with one attached hydrogen (secondary N) is 1. The Morgan fingerprint density at radius 2 is 1.70 bits per heavy atom. The average molecular weight is 430 g/mol. The van der Waals surface area contributed by atoms with Gasteiger partial charge in [-0.2, -0.15) is 0 Å². The van der Waals surface area contributed by atoms with E-state index in [1.807, 2.05) is 31.2 Å². The fourth-order valence-electron chi connectivity index (χ4n) is 3.78. The lowest BCUT2D eigenvalue weighted by Crippen LogP contribution is -2.45. The molecule has 0 unspecified atom stereocenters. The van der Waals surface area contributed by atoms with Crippen molar-refractivity contribution >= 4 is 22.2 Å². The van der Waals surface area contributed by atoms with Gasteiger partial charge in [-0.1, -0.05) is 49.4 Å². The van der Waals surface area contributed by atoms with Gasteiger partial charge in [-0.05, 0) is 50.5 Å². The molecule has 0 aliphatic heterocycles. The van der Waals surface area contributed by atoms with Gasteiger partial charge in [-0.25, -0.2) is 13.2 Å². The second kappa shape index (κ2) is 7.87. The second-order valence-corrected chi connectivity index (χ2v) is 10.6. The Morgan fingerprint density at radius 3 is 2.20 bits per heavy atom. The first-order valence-electron chi connectivity index (χ1n) is 9.90. The zero-order chi connectivity index (χ0) is 22.2. The van der Waals surface area contributed by atoms with E-state index in [1.54, 1.807) is 39.0 Å². The maximum Gasteiger partial charge on any atom is 0.408 e. The molecule has 6 nitrogen and oxygen atoms in total. The summed E-state index contributed by atoms with van der Waals surface area (Å²) in [6.45, 7) is 7.12. The van der Waals surface area contributed by atoms with E-state index in [2.05, 4.69) is 5.32 Å². The minimum absolute atomic E-state index is 0.111. The number of hydrogen-bond acceptors (Lipinski definition) is 5. The van der Waals surface area contributed by atoms with E-state index in [0.29, 0.717) is 11.8 Å². The summed E-state index contributed by atoms with van der Waals surface area (Å²) in [6.07, 6.45) is 0.544. The Kier molecular flexibility index (Phi) is 5.78. The lowest BCUT2D eigenvalue weighted by atomic mass is 10.0. The molecule has 0 spiro atoms. The number of amides is 1. The number of aryl methyl sites for hydroxylation is 1. The summed E-state index contributed by atoms with van der Waals surface area (Å²) < 4.78 is 32.1. The molecular weight excluding hydrogens is 402 g/mol. The fraction of sp³-hybridized carbons (Fsp3) is 0.391. The van der Waals surface area contributed by atoms with E-state index in [-0.39, 0.29) is 4.90 Å². The van der Waals surface area contributed by atoms with Crippen LogP contribution in [0.4, 0.5) is 4.79 Å². The van der Waals surface area contributed by atoms with Crippen LogP contribution >= 0.6 is 0 Å². The van der Waals surface area contributed by atoms with Crippen molar-refractivity contribution in [1.29, 1.82) is 0 Å². The van der Waals surface area contributed by atoms with Crippen LogP contribution in [0.3, 0.4) is 0 Å². The minimum Gasteiger partial charge on any atom is -0.444 e. The lowest BCUT2D eigenvalue weighted by molar-refractivity contribution is -0.110. The predicted octanol–water partition coefficient (Wildman–Crippen LogP) is 3.65. The lowest BCUT2D eigenvalue weighted by Gasteiger charge is -2.22. The molecule has 1 fully saturated rings. The number of carbonyl (C=O) groups excluding carboxylic acids is 2. The van der Waals surface area contributed by atoms with E-state index >= 15 is 0 Å². The van der Waals surface area contributed by atoms with E-state index in [9.17, 15) is 18.0 Å². The first-order chi connectivity index (χ1) is 14.0. The summed E-state index contributed by atoms with van der Waals surface area (Å²) in [5, 5.41) is 1.45. The van der Waals surface area contributed by atoms with Gasteiger partial charge in [0.1, 0.15) is 22.7 Å². The highest BCUT2D eigenvalue weighted by molar-refractivity contribution is 7.92. The highest BCUT2D eigenvalue weighted by atomic mass is 32.2. The van der Waals surface area contributed by atoms with Gasteiger partial charge in [-0.3, -0.25) is 0 Å². The molecule has 0 radical (unpaired) electrons. The van der Waals surface area contributed by atoms with Crippen molar-refractivity contribution in [3.8, 4) is 0 Å². The number of aldehydes is 1. The van der Waals surface area contributed by atoms with Crippen LogP contribution in [0.1, 0.15) is 44.7 Å². The fourth-order valence-corrected chi connectivity index (χ4v) is 6.04. The van der Waals surface area contributed by atoms with Crippen molar-refractivity contribution in [3.63, 3.8) is 0 Å². The largest absolute Gasteiger partial charge is 0.444 e. The molecule has 7 heteroatoms. The molecule has 3 rings (SSSR count). The van der Waals surface area contributed by atoms with Gasteiger partial charge in [0.05, 0.1) is 4.90 Å². The predicted molar refractivity (Wildman–Crippen MR) is 114 cm³/mol. The molecule has 2 aromatic rings. The van der Waals surface area contributed by atoms with Crippen molar-refractivity contribution in [2.75, 3.05) is 0 Å². The molecule has 1 N–H and O–H groups in total. The smallest absolute Gasteiger partial charge is 0.408 e. The zero-order valence-electron chi connectivity index (χ0n) is 17.6. The molecule has 1 aliphatic rings. The Bertz CT molecular complexity index is 1030. The van der Waals surface area contributed by atoms with Gasteiger partial charge in [0, 0.05) is 5.92 Å². The number of alkyl carbamates (subject to hydrolysis) is 1. The highest BCUT2D eigenvalue weighted by Crippen LogP contribution is 2.56. The number of rotatable bonds is 6. The Balaban J connectivity index is 2.04. The summed E-state index contributed by atoms with van der Waals surface area (Å²) >= 11 is 0. The van der Waals surface area contributed by atoms with Crippen molar-refractivity contribution in [2.24, 2.45) is 0 Å². The SMILES string of the molecule is CCc1ccc([C@@H]2[C@@H](S(=O)(=O)c3ccccc3)[C@@]2(C=O)NC(=O)OC(C)(C)C)cc1. The van der Waals surface area contributed by atoms with Gasteiger partial charge < -0.3 is 14.8 Å². The van der Waals surface area contributed by atoms with Gasteiger partial charge in [0.15, 0.2) is 9.84 Å². The molecule has 1 aliphatic carbocycles. The Morgan fingerprint density at radius 1 is 1.10 bits per heavy atom. The summed E-state index contributed by atoms with van der Waals surface area (Å²) in [4.78, 5) is 24.8. The summed E-state index contributed by atoms with van der Waals surface area (Å²) in [5.41, 5.74) is -0.599. The monoisotopic (exact) mass is 429 g/mol. The standard InChI is InChI=1S/C23H27NO5S/c1-5-16-11-13-17(14-12-16)19-20(30(27,28)18-9-7-6-8-10-18)23(19,15-25)24-21(26)29-22(2,3)4/h6-15,19-20H,5H2,1-4H3,(H,24,26)/t19-,20-,23+/m1/s1. The van der Waals surface area contributed by atoms with Crippen LogP contribution < -0.4 is 5.32 Å². The van der Waals surface area contributed by atoms with Gasteiger partial charge in [-0.15, -0.1) is 0 Å². The van der Waals surface area contributed by atoms with Gasteiger partial charge in [0.2, 0.25) is 0 Å². The molecule has 160 valence electrons. The van der Waals surface area contributed by atoms with Gasteiger partial charge >= 0.3 is 6.09 Å². The summed E-state index contributed by atoms with van der Waals surface area (Å²) in [7, 11) is -3.89. The van der Waals surface area contributed by atoms with Crippen molar-refractivity contribution in [3.05, 3.63) is 65.7 Å². The molecular formula is C23H27NO5S. The first-order valence-corrected chi connectivity index (χ1v) is 11.4. The quantitative estimate of drug-likeness (QED) is 0.708. The third kappa shape index (κ3) is 4.12. The molecule has 2 aromatic carbocycles. The Hall–Kier alpha value is -2.67. The normalized spacial score (nSPS) is 23.5. The van der Waals surface area contributed by atoms with Crippen LogP contribution in [0.25, 0.3) is 0 Å². The topological polar surface area (TPSA) is 89.5 Å². The van der Waals surface area contributed by atoms with Crippen LogP contribution in [0.15, 0.2) is 59.5 Å². The maximum atomic E-state index is 13.4. The molecule has 30 heavy (non-hydrogen) atoms. The van der Waals surface area contributed by atoms with E-state index < -0.39 is 38.2 Å². The maximum absolute atomic E-state index is 13.4. The summed E-state index contributed by atoms with van der Waals surface area (Å²) in [5.74, 6) is -0.710. The van der Waals surface area contributed by atoms with E-state index in [4.69, 9.17) is 4.74 Å². The van der Waals surface area contributed by atoms with Crippen LogP contribution in [0.5, 0.6) is 0 Å². The molecule has 0 saturated heterocycles. The third-order valence-corrected chi connectivity index (χ3v) is 7.50. The van der Waals surface area contributed by atoms with Crippen molar-refractivity contribution in [2.45, 2.75) is 61.3 Å². The number of ether oxygens (including phenoxy) is 1. The third-order valence-electron chi connectivity index (χ3n) is 5.24. The van der Waals surface area contributed by atoms with Crippen LogP contribution in [-0.2, 0) is 25.8 Å². The molecule has 3 atom stereocenters. The van der Waals surface area contributed by atoms with Crippen molar-refractivity contribution < 1.29 is 22.7 Å². The molecule has 0 aromatic heterocycles. The van der Waals surface area contributed by atoms with E-state index in [0.717, 1.165) is 12.0 Å². The van der Waals surface area contributed by atoms with Crippen LogP contribution in [0.2, 0.25) is 0 Å². The van der Waals surface area contributed by atoms with E-state index in [1.165, 1.54) is 12.1 Å². The average Bonchev–Trinajstić information content (AvgIpc) is 3.36. The highest BCUT2D eigenvalue weighted by Gasteiger charge is 2.73. The molecule has 0 bridgehead atoms. The number of benzene rings is 2. The molecule has 1 saturated carbocycles. The van der Waals surface area contributed by atoms with Gasteiger partial charge in [0.25, 0.3) is 0 Å². The zero-order valence-corrected chi connectivity index (χ0v) is 18.4. The van der Waals surface area contributed by atoms with Crippen molar-refractivity contribution in [1.82, 2.24) is 5.32 Å². The number of hydrogen-bond donors (Lipinski definition) is 1. The molecule has 1 amide bonds.